The van der Waals surface area contributed by atoms with Crippen LogP contribution < -0.4 is 15.2 Å². The van der Waals surface area contributed by atoms with Crippen molar-refractivity contribution in [3.63, 3.8) is 0 Å². The summed E-state index contributed by atoms with van der Waals surface area (Å²) in [5.74, 6) is -2.34. The Morgan fingerprint density at radius 3 is 1.85 bits per heavy atom. The number of nitrogens with two attached hydrogens (primary N) is 1. The van der Waals surface area contributed by atoms with Crippen LogP contribution in [-0.2, 0) is 0 Å². The number of halogens is 6. The third kappa shape index (κ3) is 5.55. The maximum absolute atomic E-state index is 12.4. The highest BCUT2D eigenvalue weighted by Crippen LogP contribution is 2.28. The van der Waals surface area contributed by atoms with Gasteiger partial charge in [-0.05, 0) is 24.3 Å². The monoisotopic (exact) mass is 303 g/mol. The average Bonchev–Trinajstić information content (AvgIpc) is 2.28. The SMILES string of the molecule is NCC(COc1ccc(OC(F)(F)F)cc1)C(F)(F)F. The molecule has 114 valence electrons. The minimum absolute atomic E-state index is 0.0118. The summed E-state index contributed by atoms with van der Waals surface area (Å²) in [6, 6.07) is 4.03. The van der Waals surface area contributed by atoms with Crippen LogP contribution in [0.1, 0.15) is 0 Å². The van der Waals surface area contributed by atoms with Crippen molar-refractivity contribution in [3.8, 4) is 11.5 Å². The summed E-state index contributed by atoms with van der Waals surface area (Å²) in [5, 5.41) is 0. The van der Waals surface area contributed by atoms with Crippen molar-refractivity contribution in [1.82, 2.24) is 0 Å². The molecule has 1 rings (SSSR count). The Hall–Kier alpha value is -1.64. The van der Waals surface area contributed by atoms with E-state index in [2.05, 4.69) is 4.74 Å². The maximum Gasteiger partial charge on any atom is 0.573 e. The fourth-order valence-corrected chi connectivity index (χ4v) is 1.23. The highest BCUT2D eigenvalue weighted by Gasteiger charge is 2.39. The van der Waals surface area contributed by atoms with Gasteiger partial charge >= 0.3 is 12.5 Å². The van der Waals surface area contributed by atoms with Gasteiger partial charge in [0.15, 0.2) is 0 Å². The third-order valence-electron chi connectivity index (χ3n) is 2.26. The van der Waals surface area contributed by atoms with Gasteiger partial charge in [-0.15, -0.1) is 13.2 Å². The fourth-order valence-electron chi connectivity index (χ4n) is 1.23. The van der Waals surface area contributed by atoms with Crippen molar-refractivity contribution in [1.29, 1.82) is 0 Å². The van der Waals surface area contributed by atoms with Gasteiger partial charge < -0.3 is 15.2 Å². The van der Waals surface area contributed by atoms with Crippen LogP contribution in [0.15, 0.2) is 24.3 Å². The Morgan fingerprint density at radius 1 is 0.950 bits per heavy atom. The summed E-state index contributed by atoms with van der Waals surface area (Å²) in [6.07, 6.45) is -9.32. The number of ether oxygens (including phenoxy) is 2. The molecule has 2 N–H and O–H groups in total. The van der Waals surface area contributed by atoms with Crippen LogP contribution in [-0.4, -0.2) is 25.7 Å². The number of alkyl halides is 6. The highest BCUT2D eigenvalue weighted by atomic mass is 19.4. The number of benzene rings is 1. The normalized spacial score (nSPS) is 13.9. The van der Waals surface area contributed by atoms with Crippen molar-refractivity contribution < 1.29 is 35.8 Å². The Morgan fingerprint density at radius 2 is 1.45 bits per heavy atom. The molecule has 1 aromatic rings. The molecule has 0 fully saturated rings. The first-order valence-corrected chi connectivity index (χ1v) is 5.37. The Balaban J connectivity index is 2.58. The van der Waals surface area contributed by atoms with E-state index >= 15 is 0 Å². The summed E-state index contributed by atoms with van der Waals surface area (Å²) in [6.45, 7) is -1.35. The maximum atomic E-state index is 12.4. The first kappa shape index (κ1) is 16.4. The molecule has 20 heavy (non-hydrogen) atoms. The van der Waals surface area contributed by atoms with E-state index in [-0.39, 0.29) is 5.75 Å². The van der Waals surface area contributed by atoms with Crippen LogP contribution in [0.3, 0.4) is 0 Å². The Kier molecular flexibility index (Phi) is 5.09. The summed E-state index contributed by atoms with van der Waals surface area (Å²) in [5.41, 5.74) is 4.97. The van der Waals surface area contributed by atoms with Gasteiger partial charge in [0.2, 0.25) is 0 Å². The number of hydrogen-bond acceptors (Lipinski definition) is 3. The molecule has 0 saturated carbocycles. The molecule has 1 unspecified atom stereocenters. The lowest BCUT2D eigenvalue weighted by molar-refractivity contribution is -0.274. The van der Waals surface area contributed by atoms with Crippen molar-refractivity contribution in [2.45, 2.75) is 12.5 Å². The molecule has 0 saturated heterocycles. The standard InChI is InChI=1S/C11H11F6NO2/c12-10(13,14)7(5-18)6-19-8-1-3-9(4-2-8)20-11(15,16)17/h1-4,7H,5-6,18H2. The van der Waals surface area contributed by atoms with Crippen molar-refractivity contribution in [2.75, 3.05) is 13.2 Å². The molecule has 0 radical (unpaired) electrons. The lowest BCUT2D eigenvalue weighted by Gasteiger charge is -2.18. The van der Waals surface area contributed by atoms with Crippen molar-refractivity contribution >= 4 is 0 Å². The minimum atomic E-state index is -4.83. The second-order valence-corrected chi connectivity index (χ2v) is 3.80. The van der Waals surface area contributed by atoms with Gasteiger partial charge in [-0.2, -0.15) is 13.2 Å². The van der Waals surface area contributed by atoms with Gasteiger partial charge in [-0.25, -0.2) is 0 Å². The number of hydrogen-bond donors (Lipinski definition) is 1. The number of rotatable bonds is 5. The fraction of sp³-hybridized carbons (Fsp3) is 0.455. The molecule has 3 nitrogen and oxygen atoms in total. The van der Waals surface area contributed by atoms with Crippen LogP contribution in [0.2, 0.25) is 0 Å². The third-order valence-corrected chi connectivity index (χ3v) is 2.26. The lowest BCUT2D eigenvalue weighted by atomic mass is 10.1. The van der Waals surface area contributed by atoms with Crippen LogP contribution in [0, 0.1) is 5.92 Å². The summed E-state index contributed by atoms with van der Waals surface area (Å²) in [4.78, 5) is 0. The van der Waals surface area contributed by atoms with Gasteiger partial charge in [0.1, 0.15) is 24.0 Å². The second-order valence-electron chi connectivity index (χ2n) is 3.80. The second kappa shape index (κ2) is 6.21. The first-order valence-electron chi connectivity index (χ1n) is 5.37. The van der Waals surface area contributed by atoms with Gasteiger partial charge in [0, 0.05) is 6.54 Å². The predicted octanol–water partition coefficient (Wildman–Crippen LogP) is 3.10. The van der Waals surface area contributed by atoms with E-state index in [0.29, 0.717) is 0 Å². The van der Waals surface area contributed by atoms with Crippen LogP contribution >= 0.6 is 0 Å². The van der Waals surface area contributed by atoms with Gasteiger partial charge in [-0.3, -0.25) is 0 Å². The van der Waals surface area contributed by atoms with E-state index in [0.717, 1.165) is 24.3 Å². The first-order chi connectivity index (χ1) is 9.12. The Labute approximate surface area is 110 Å². The molecule has 1 aromatic carbocycles. The summed E-state index contributed by atoms with van der Waals surface area (Å²) < 4.78 is 81.2. The van der Waals surface area contributed by atoms with E-state index < -0.39 is 37.4 Å². The molecular formula is C11H11F6NO2. The zero-order chi connectivity index (χ0) is 15.4. The van der Waals surface area contributed by atoms with Crippen LogP contribution in [0.5, 0.6) is 11.5 Å². The van der Waals surface area contributed by atoms with Gasteiger partial charge in [-0.1, -0.05) is 0 Å². The Bertz CT molecular complexity index is 414. The van der Waals surface area contributed by atoms with Crippen LogP contribution in [0.25, 0.3) is 0 Å². The van der Waals surface area contributed by atoms with Crippen molar-refractivity contribution in [3.05, 3.63) is 24.3 Å². The largest absolute Gasteiger partial charge is 0.573 e. The summed E-state index contributed by atoms with van der Waals surface area (Å²) >= 11 is 0. The predicted molar refractivity (Wildman–Crippen MR) is 57.2 cm³/mol. The molecule has 0 bridgehead atoms. The average molecular weight is 303 g/mol. The molecule has 0 aliphatic carbocycles. The van der Waals surface area contributed by atoms with E-state index in [4.69, 9.17) is 10.5 Å². The van der Waals surface area contributed by atoms with E-state index in [1.54, 1.807) is 0 Å². The highest BCUT2D eigenvalue weighted by molar-refractivity contribution is 5.31. The van der Waals surface area contributed by atoms with E-state index in [1.807, 2.05) is 0 Å². The zero-order valence-electron chi connectivity index (χ0n) is 9.96. The smallest absolute Gasteiger partial charge is 0.493 e. The molecule has 0 spiro atoms. The van der Waals surface area contributed by atoms with E-state index in [1.165, 1.54) is 0 Å². The van der Waals surface area contributed by atoms with Crippen molar-refractivity contribution in [2.24, 2.45) is 11.7 Å². The summed E-state index contributed by atoms with van der Waals surface area (Å²) in [7, 11) is 0. The molecular weight excluding hydrogens is 292 g/mol. The zero-order valence-corrected chi connectivity index (χ0v) is 9.96. The van der Waals surface area contributed by atoms with Gasteiger partial charge in [0.25, 0.3) is 0 Å². The van der Waals surface area contributed by atoms with E-state index in [9.17, 15) is 26.3 Å². The topological polar surface area (TPSA) is 44.5 Å². The minimum Gasteiger partial charge on any atom is -0.493 e. The lowest BCUT2D eigenvalue weighted by Crippen LogP contribution is -2.35. The quantitative estimate of drug-likeness (QED) is 0.850. The molecule has 0 aromatic heterocycles. The molecule has 0 aliphatic rings. The van der Waals surface area contributed by atoms with Gasteiger partial charge in [0.05, 0.1) is 0 Å². The molecule has 0 aliphatic heterocycles. The molecule has 0 amide bonds. The molecule has 9 heteroatoms. The van der Waals surface area contributed by atoms with Crippen LogP contribution in [0.4, 0.5) is 26.3 Å². The molecule has 1 atom stereocenters. The molecule has 0 heterocycles.